The third-order valence-electron chi connectivity index (χ3n) is 3.27. The molecule has 0 radical (unpaired) electrons. The summed E-state index contributed by atoms with van der Waals surface area (Å²) >= 11 is 3.44. The Hall–Kier alpha value is -1.20. The van der Waals surface area contributed by atoms with Gasteiger partial charge in [0.2, 0.25) is 0 Å². The zero-order chi connectivity index (χ0) is 13.2. The van der Waals surface area contributed by atoms with E-state index in [1.807, 2.05) is 24.8 Å². The number of hydrogen-bond donors (Lipinski definition) is 1. The Balaban J connectivity index is 1.73. The van der Waals surface area contributed by atoms with Crippen molar-refractivity contribution in [2.45, 2.75) is 23.5 Å². The fourth-order valence-electron chi connectivity index (χ4n) is 2.30. The molecule has 0 saturated carbocycles. The zero-order valence-corrected chi connectivity index (χ0v) is 12.4. The molecule has 19 heavy (non-hydrogen) atoms. The van der Waals surface area contributed by atoms with Crippen LogP contribution in [-0.2, 0) is 0 Å². The van der Waals surface area contributed by atoms with Crippen molar-refractivity contribution < 1.29 is 4.74 Å². The summed E-state index contributed by atoms with van der Waals surface area (Å²) in [7, 11) is 0. The number of aromatic nitrogens is 1. The first-order valence-corrected chi connectivity index (χ1v) is 8.11. The van der Waals surface area contributed by atoms with E-state index >= 15 is 0 Å². The number of anilines is 1. The van der Waals surface area contributed by atoms with Crippen LogP contribution >= 0.6 is 23.1 Å². The minimum atomic E-state index is 0.553. The van der Waals surface area contributed by atoms with Crippen LogP contribution in [-0.4, -0.2) is 17.3 Å². The second-order valence-corrected chi connectivity index (χ2v) is 6.93. The number of thiazole rings is 1. The third-order valence-corrected chi connectivity index (χ3v) is 5.78. The van der Waals surface area contributed by atoms with Crippen LogP contribution in [0.1, 0.15) is 23.6 Å². The number of thioether (sulfide) groups is 1. The highest BCUT2D eigenvalue weighted by molar-refractivity contribution is 8.01. The minimum Gasteiger partial charge on any atom is -0.493 e. The first-order chi connectivity index (χ1) is 9.24. The van der Waals surface area contributed by atoms with Gasteiger partial charge in [0, 0.05) is 11.7 Å². The van der Waals surface area contributed by atoms with Crippen LogP contribution < -0.4 is 10.5 Å². The van der Waals surface area contributed by atoms with E-state index in [4.69, 9.17) is 10.5 Å². The highest BCUT2D eigenvalue weighted by atomic mass is 32.2. The zero-order valence-electron chi connectivity index (χ0n) is 10.8. The number of nitrogens with zero attached hydrogens (tertiary/aromatic N) is 1. The second kappa shape index (κ2) is 5.43. The molecular weight excluding hydrogens is 276 g/mol. The standard InChI is InChI=1S/C14H16N2OS2/c1-9-13(19-14(15)16-9)18-8-10-6-7-17-12-5-3-2-4-11(10)12/h2-5,10H,6-8H2,1H3,(H2,15,16). The van der Waals surface area contributed by atoms with Gasteiger partial charge in [0.05, 0.1) is 16.5 Å². The van der Waals surface area contributed by atoms with Crippen molar-refractivity contribution in [3.05, 3.63) is 35.5 Å². The molecule has 1 aromatic heterocycles. The first-order valence-electron chi connectivity index (χ1n) is 6.31. The predicted molar refractivity (Wildman–Crippen MR) is 81.3 cm³/mol. The number of hydrogen-bond acceptors (Lipinski definition) is 5. The number of nitrogens with two attached hydrogens (primary N) is 1. The quantitative estimate of drug-likeness (QED) is 0.876. The van der Waals surface area contributed by atoms with Crippen LogP contribution in [0.3, 0.4) is 0 Å². The number of ether oxygens (including phenoxy) is 1. The summed E-state index contributed by atoms with van der Waals surface area (Å²) in [5.74, 6) is 2.65. The predicted octanol–water partition coefficient (Wildman–Crippen LogP) is 3.69. The summed E-state index contributed by atoms with van der Waals surface area (Å²) in [4.78, 5) is 4.27. The topological polar surface area (TPSA) is 48.1 Å². The van der Waals surface area contributed by atoms with Gasteiger partial charge in [0.1, 0.15) is 5.75 Å². The van der Waals surface area contributed by atoms with Crippen LogP contribution in [0.5, 0.6) is 5.75 Å². The summed E-state index contributed by atoms with van der Waals surface area (Å²) in [6.45, 7) is 2.83. The van der Waals surface area contributed by atoms with Crippen molar-refractivity contribution in [2.75, 3.05) is 18.1 Å². The first kappa shape index (κ1) is 12.8. The van der Waals surface area contributed by atoms with E-state index < -0.39 is 0 Å². The lowest BCUT2D eigenvalue weighted by molar-refractivity contribution is 0.273. The molecule has 0 saturated heterocycles. The largest absolute Gasteiger partial charge is 0.493 e. The average Bonchev–Trinajstić information content (AvgIpc) is 2.74. The molecule has 1 aliphatic heterocycles. The Kier molecular flexibility index (Phi) is 3.66. The molecule has 0 fully saturated rings. The molecule has 2 heterocycles. The molecule has 1 aromatic carbocycles. The number of aryl methyl sites for hydroxylation is 1. The summed E-state index contributed by atoms with van der Waals surface area (Å²) in [5.41, 5.74) is 8.12. The van der Waals surface area contributed by atoms with Gasteiger partial charge in [-0.1, -0.05) is 29.5 Å². The van der Waals surface area contributed by atoms with E-state index in [0.29, 0.717) is 11.0 Å². The van der Waals surface area contributed by atoms with Crippen LogP contribution in [0, 0.1) is 6.92 Å². The van der Waals surface area contributed by atoms with Crippen molar-refractivity contribution in [3.63, 3.8) is 0 Å². The molecule has 2 N–H and O–H groups in total. The van der Waals surface area contributed by atoms with Gasteiger partial charge in [-0.2, -0.15) is 0 Å². The summed E-state index contributed by atoms with van der Waals surface area (Å²) < 4.78 is 6.93. The maximum Gasteiger partial charge on any atom is 0.181 e. The number of benzene rings is 1. The number of fused-ring (bicyclic) bond motifs is 1. The van der Waals surface area contributed by atoms with E-state index in [1.165, 1.54) is 9.77 Å². The molecule has 0 aliphatic carbocycles. The molecule has 1 atom stereocenters. The van der Waals surface area contributed by atoms with E-state index in [-0.39, 0.29) is 0 Å². The number of para-hydroxylation sites is 1. The Bertz CT molecular complexity index is 583. The Morgan fingerprint density at radius 3 is 3.11 bits per heavy atom. The highest BCUT2D eigenvalue weighted by Crippen LogP contribution is 2.39. The highest BCUT2D eigenvalue weighted by Gasteiger charge is 2.21. The third kappa shape index (κ3) is 2.72. The fraction of sp³-hybridized carbons (Fsp3) is 0.357. The fourth-order valence-corrected chi connectivity index (χ4v) is 4.52. The number of nitrogen functional groups attached to an aromatic ring is 1. The van der Waals surface area contributed by atoms with Crippen LogP contribution in [0.15, 0.2) is 28.5 Å². The second-order valence-electron chi connectivity index (χ2n) is 4.61. The molecule has 2 aromatic rings. The van der Waals surface area contributed by atoms with Crippen molar-refractivity contribution in [2.24, 2.45) is 0 Å². The van der Waals surface area contributed by atoms with E-state index in [1.54, 1.807) is 11.3 Å². The van der Waals surface area contributed by atoms with Crippen molar-refractivity contribution in [3.8, 4) is 5.75 Å². The van der Waals surface area contributed by atoms with Gasteiger partial charge in [0.25, 0.3) is 0 Å². The van der Waals surface area contributed by atoms with Crippen LogP contribution in [0.4, 0.5) is 5.13 Å². The van der Waals surface area contributed by atoms with Crippen molar-refractivity contribution >= 4 is 28.2 Å². The van der Waals surface area contributed by atoms with Crippen LogP contribution in [0.25, 0.3) is 0 Å². The molecule has 5 heteroatoms. The SMILES string of the molecule is Cc1nc(N)sc1SCC1CCOc2ccccc21. The molecule has 0 bridgehead atoms. The van der Waals surface area contributed by atoms with Gasteiger partial charge in [0.15, 0.2) is 5.13 Å². The molecule has 3 nitrogen and oxygen atoms in total. The molecule has 3 rings (SSSR count). The smallest absolute Gasteiger partial charge is 0.181 e. The van der Waals surface area contributed by atoms with Gasteiger partial charge in [-0.05, 0) is 25.0 Å². The van der Waals surface area contributed by atoms with Gasteiger partial charge in [-0.3, -0.25) is 0 Å². The van der Waals surface area contributed by atoms with Gasteiger partial charge >= 0.3 is 0 Å². The van der Waals surface area contributed by atoms with Crippen LogP contribution in [0.2, 0.25) is 0 Å². The molecule has 0 amide bonds. The Morgan fingerprint density at radius 2 is 2.32 bits per heavy atom. The van der Waals surface area contributed by atoms with Gasteiger partial charge < -0.3 is 10.5 Å². The van der Waals surface area contributed by atoms with E-state index in [2.05, 4.69) is 23.2 Å². The lowest BCUT2D eigenvalue weighted by atomic mass is 9.95. The molecule has 0 spiro atoms. The molecule has 1 unspecified atom stereocenters. The minimum absolute atomic E-state index is 0.553. The van der Waals surface area contributed by atoms with E-state index in [9.17, 15) is 0 Å². The van der Waals surface area contributed by atoms with Crippen molar-refractivity contribution in [1.29, 1.82) is 0 Å². The molecule has 100 valence electrons. The molecule has 1 aliphatic rings. The summed E-state index contributed by atoms with van der Waals surface area (Å²) in [6, 6.07) is 8.35. The van der Waals surface area contributed by atoms with Gasteiger partial charge in [-0.15, -0.1) is 11.8 Å². The summed E-state index contributed by atoms with van der Waals surface area (Å²) in [5, 5.41) is 0.660. The van der Waals surface area contributed by atoms with Crippen molar-refractivity contribution in [1.82, 2.24) is 4.98 Å². The Morgan fingerprint density at radius 1 is 1.47 bits per heavy atom. The summed E-state index contributed by atoms with van der Waals surface area (Å²) in [6.07, 6.45) is 1.08. The Labute approximate surface area is 121 Å². The maximum atomic E-state index is 5.74. The normalized spacial score (nSPS) is 17.8. The molecular formula is C14H16N2OS2. The maximum absolute atomic E-state index is 5.74. The monoisotopic (exact) mass is 292 g/mol. The van der Waals surface area contributed by atoms with E-state index in [0.717, 1.165) is 30.2 Å². The lowest BCUT2D eigenvalue weighted by Crippen LogP contribution is -2.15. The lowest BCUT2D eigenvalue weighted by Gasteiger charge is -2.25. The average molecular weight is 292 g/mol. The van der Waals surface area contributed by atoms with Gasteiger partial charge in [-0.25, -0.2) is 4.98 Å². The number of rotatable bonds is 3.